The van der Waals surface area contributed by atoms with Crippen molar-refractivity contribution in [2.45, 2.75) is 0 Å². The minimum atomic E-state index is -0.130. The fourth-order valence-electron chi connectivity index (χ4n) is 3.53. The van der Waals surface area contributed by atoms with Gasteiger partial charge in [-0.25, -0.2) is 0 Å². The first kappa shape index (κ1) is 22.7. The average molecular weight is 517 g/mol. The van der Waals surface area contributed by atoms with Gasteiger partial charge >= 0.3 is 0 Å². The van der Waals surface area contributed by atoms with Gasteiger partial charge in [0.2, 0.25) is 0 Å². The lowest BCUT2D eigenvalue weighted by molar-refractivity contribution is -0.114. The van der Waals surface area contributed by atoms with Gasteiger partial charge in [0.1, 0.15) is 0 Å². The molecule has 3 aromatic rings. The van der Waals surface area contributed by atoms with Crippen LogP contribution >= 0.6 is 48.0 Å². The number of benzene rings is 3. The molecule has 0 spiro atoms. The van der Waals surface area contributed by atoms with Crippen LogP contribution in [0, 0.1) is 0 Å². The van der Waals surface area contributed by atoms with Crippen molar-refractivity contribution in [3.05, 3.63) is 106 Å². The van der Waals surface area contributed by atoms with E-state index in [1.165, 1.54) is 23.5 Å². The monoisotopic (exact) mass is 516 g/mol. The van der Waals surface area contributed by atoms with E-state index in [9.17, 15) is 9.59 Å². The van der Waals surface area contributed by atoms with Crippen LogP contribution in [0.4, 0.5) is 11.4 Å². The van der Waals surface area contributed by atoms with Gasteiger partial charge in [0.15, 0.2) is 8.64 Å². The molecule has 34 heavy (non-hydrogen) atoms. The molecule has 0 unspecified atom stereocenters. The Hall–Kier alpha value is -3.04. The molecule has 166 valence electrons. The van der Waals surface area contributed by atoms with E-state index >= 15 is 0 Å². The van der Waals surface area contributed by atoms with Gasteiger partial charge in [0.05, 0.1) is 21.2 Å². The summed E-state index contributed by atoms with van der Waals surface area (Å²) in [4.78, 5) is 30.1. The SMILES string of the molecule is O=C1/C(=C/c2ccc(/C=C3\SC(=S)N(c4ccccc4)C3=O)cc2)SC(=S)N1c1ccccc1. The van der Waals surface area contributed by atoms with Crippen molar-refractivity contribution < 1.29 is 9.59 Å². The molecule has 4 nitrogen and oxygen atoms in total. The largest absolute Gasteiger partial charge is 0.270 e. The van der Waals surface area contributed by atoms with Crippen LogP contribution in [0.5, 0.6) is 0 Å². The van der Waals surface area contributed by atoms with Crippen molar-refractivity contribution in [1.29, 1.82) is 0 Å². The van der Waals surface area contributed by atoms with Gasteiger partial charge in [0.25, 0.3) is 11.8 Å². The molecule has 0 atom stereocenters. The first-order valence-corrected chi connectivity index (χ1v) is 12.7. The van der Waals surface area contributed by atoms with Crippen molar-refractivity contribution in [2.24, 2.45) is 0 Å². The highest BCUT2D eigenvalue weighted by molar-refractivity contribution is 8.27. The van der Waals surface area contributed by atoms with E-state index < -0.39 is 0 Å². The van der Waals surface area contributed by atoms with Crippen LogP contribution in [0.15, 0.2) is 94.7 Å². The Morgan fingerprint density at radius 1 is 0.559 bits per heavy atom. The zero-order chi connectivity index (χ0) is 23.7. The average Bonchev–Trinajstić information content (AvgIpc) is 3.29. The van der Waals surface area contributed by atoms with E-state index in [2.05, 4.69) is 0 Å². The Morgan fingerprint density at radius 3 is 1.26 bits per heavy atom. The first-order chi connectivity index (χ1) is 16.5. The lowest BCUT2D eigenvalue weighted by Crippen LogP contribution is -2.27. The van der Waals surface area contributed by atoms with Gasteiger partial charge < -0.3 is 0 Å². The zero-order valence-corrected chi connectivity index (χ0v) is 20.8. The van der Waals surface area contributed by atoms with Gasteiger partial charge in [-0.3, -0.25) is 19.4 Å². The van der Waals surface area contributed by atoms with Crippen molar-refractivity contribution in [2.75, 3.05) is 9.80 Å². The van der Waals surface area contributed by atoms with Crippen molar-refractivity contribution in [3.8, 4) is 0 Å². The normalized spacial score (nSPS) is 18.6. The molecular weight excluding hydrogens is 501 g/mol. The third kappa shape index (κ3) is 4.50. The maximum atomic E-state index is 12.9. The maximum Gasteiger partial charge on any atom is 0.270 e. The minimum Gasteiger partial charge on any atom is -0.268 e. The molecule has 0 radical (unpaired) electrons. The number of hydrogen-bond acceptors (Lipinski definition) is 6. The number of carbonyl (C=O) groups is 2. The third-order valence-corrected chi connectivity index (χ3v) is 7.75. The van der Waals surface area contributed by atoms with E-state index in [0.717, 1.165) is 22.5 Å². The quantitative estimate of drug-likeness (QED) is 0.291. The Morgan fingerprint density at radius 2 is 0.912 bits per heavy atom. The fourth-order valence-corrected chi connectivity index (χ4v) is 6.12. The Balaban J connectivity index is 1.34. The second-order valence-corrected chi connectivity index (χ2v) is 10.7. The summed E-state index contributed by atoms with van der Waals surface area (Å²) in [5.41, 5.74) is 3.28. The minimum absolute atomic E-state index is 0.130. The standard InChI is InChI=1S/C26H16N2O2S4/c29-23-21(33-25(31)27(23)19-7-3-1-4-8-19)15-17-11-13-18(14-12-17)16-22-24(30)28(26(32)34-22)20-9-5-2-6-10-20/h1-16H/b21-15-,22-16-. The summed E-state index contributed by atoms with van der Waals surface area (Å²) in [6.45, 7) is 0. The fraction of sp³-hybridized carbons (Fsp3) is 0. The molecule has 2 saturated heterocycles. The first-order valence-electron chi connectivity index (χ1n) is 10.3. The number of anilines is 2. The number of rotatable bonds is 4. The van der Waals surface area contributed by atoms with Gasteiger partial charge in [0, 0.05) is 0 Å². The molecule has 0 aromatic heterocycles. The summed E-state index contributed by atoms with van der Waals surface area (Å²) in [7, 11) is 0. The summed E-state index contributed by atoms with van der Waals surface area (Å²) in [6, 6.07) is 26.4. The molecule has 0 aliphatic carbocycles. The number of hydrogen-bond donors (Lipinski definition) is 0. The van der Waals surface area contributed by atoms with Gasteiger partial charge in [-0.2, -0.15) is 0 Å². The highest BCUT2D eigenvalue weighted by Gasteiger charge is 2.34. The molecule has 8 heteroatoms. The number of amides is 2. The van der Waals surface area contributed by atoms with E-state index in [1.807, 2.05) is 97.1 Å². The molecule has 0 N–H and O–H groups in total. The van der Waals surface area contributed by atoms with Crippen LogP contribution in [0.2, 0.25) is 0 Å². The number of thiocarbonyl (C=S) groups is 2. The molecule has 2 heterocycles. The van der Waals surface area contributed by atoms with Gasteiger partial charge in [-0.15, -0.1) is 0 Å². The third-order valence-electron chi connectivity index (χ3n) is 5.15. The van der Waals surface area contributed by atoms with Crippen LogP contribution in [0.1, 0.15) is 11.1 Å². The summed E-state index contributed by atoms with van der Waals surface area (Å²) in [6.07, 6.45) is 3.67. The van der Waals surface area contributed by atoms with Gasteiger partial charge in [-0.1, -0.05) is 109 Å². The topological polar surface area (TPSA) is 40.6 Å². The lowest BCUT2D eigenvalue weighted by Gasteiger charge is -2.13. The Kier molecular flexibility index (Phi) is 6.47. The van der Waals surface area contributed by atoms with Crippen molar-refractivity contribution in [3.63, 3.8) is 0 Å². The second kappa shape index (κ2) is 9.68. The molecule has 2 aliphatic rings. The summed E-state index contributed by atoms with van der Waals surface area (Å²) < 4.78 is 1.03. The smallest absolute Gasteiger partial charge is 0.268 e. The molecule has 5 rings (SSSR count). The maximum absolute atomic E-state index is 12.9. The number of nitrogens with zero attached hydrogens (tertiary/aromatic N) is 2. The zero-order valence-electron chi connectivity index (χ0n) is 17.6. The van der Waals surface area contributed by atoms with Crippen LogP contribution in [0.25, 0.3) is 12.2 Å². The van der Waals surface area contributed by atoms with E-state index in [-0.39, 0.29) is 11.8 Å². The van der Waals surface area contributed by atoms with Crippen LogP contribution < -0.4 is 9.80 Å². The van der Waals surface area contributed by atoms with Crippen molar-refractivity contribution >= 4 is 91.9 Å². The summed E-state index contributed by atoms with van der Waals surface area (Å²) in [5, 5.41) is 0. The summed E-state index contributed by atoms with van der Waals surface area (Å²) >= 11 is 13.4. The number of para-hydroxylation sites is 2. The molecular formula is C26H16N2O2S4. The van der Waals surface area contributed by atoms with Gasteiger partial charge in [-0.05, 0) is 47.5 Å². The summed E-state index contributed by atoms with van der Waals surface area (Å²) in [5.74, 6) is -0.260. The molecule has 2 fully saturated rings. The van der Waals surface area contributed by atoms with Crippen LogP contribution in [-0.4, -0.2) is 20.5 Å². The molecule has 2 amide bonds. The lowest BCUT2D eigenvalue weighted by atomic mass is 10.1. The predicted octanol–water partition coefficient (Wildman–Crippen LogP) is 6.50. The van der Waals surface area contributed by atoms with Crippen LogP contribution in [0.3, 0.4) is 0 Å². The molecule has 0 saturated carbocycles. The highest BCUT2D eigenvalue weighted by atomic mass is 32.2. The molecule has 3 aromatic carbocycles. The van der Waals surface area contributed by atoms with E-state index in [0.29, 0.717) is 18.5 Å². The van der Waals surface area contributed by atoms with Crippen LogP contribution in [-0.2, 0) is 9.59 Å². The molecule has 2 aliphatic heterocycles. The van der Waals surface area contributed by atoms with E-state index in [1.54, 1.807) is 9.80 Å². The molecule has 0 bridgehead atoms. The Bertz CT molecular complexity index is 1260. The van der Waals surface area contributed by atoms with Crippen molar-refractivity contribution in [1.82, 2.24) is 0 Å². The number of carbonyl (C=O) groups excluding carboxylic acids is 2. The van der Waals surface area contributed by atoms with E-state index in [4.69, 9.17) is 24.4 Å². The predicted molar refractivity (Wildman–Crippen MR) is 151 cm³/mol. The second-order valence-electron chi connectivity index (χ2n) is 7.37. The number of thioether (sulfide) groups is 2. The highest BCUT2D eigenvalue weighted by Crippen LogP contribution is 2.37. The Labute approximate surface area is 216 Å².